The van der Waals surface area contributed by atoms with E-state index in [2.05, 4.69) is 20.2 Å². The summed E-state index contributed by atoms with van der Waals surface area (Å²) >= 11 is 0.805. The van der Waals surface area contributed by atoms with Crippen LogP contribution in [0.2, 0.25) is 0 Å². The Morgan fingerprint density at radius 3 is 2.45 bits per heavy atom. The van der Waals surface area contributed by atoms with Gasteiger partial charge in [-0.05, 0) is 56.5 Å². The zero-order valence-electron chi connectivity index (χ0n) is 17.2. The Labute approximate surface area is 185 Å². The van der Waals surface area contributed by atoms with Crippen LogP contribution in [0.3, 0.4) is 0 Å². The monoisotopic (exact) mass is 460 g/mol. The number of nitrogens with zero attached hydrogens (tertiary/aromatic N) is 2. The van der Waals surface area contributed by atoms with E-state index in [1.807, 2.05) is 38.1 Å². The average molecular weight is 461 g/mol. The van der Waals surface area contributed by atoms with Crippen molar-refractivity contribution in [3.8, 4) is 5.75 Å². The summed E-state index contributed by atoms with van der Waals surface area (Å²) in [7, 11) is -3.79. The maximum Gasteiger partial charge on any atom is 0.269 e. The van der Waals surface area contributed by atoms with Gasteiger partial charge in [0, 0.05) is 12.1 Å². The number of aryl methyl sites for hydroxylation is 1. The largest absolute Gasteiger partial charge is 0.491 e. The number of hydrogen-bond acceptors (Lipinski definition) is 7. The first kappa shape index (κ1) is 22.9. The molecule has 0 aliphatic rings. The minimum absolute atomic E-state index is 0.118. The van der Waals surface area contributed by atoms with Crippen molar-refractivity contribution in [3.05, 3.63) is 65.7 Å². The van der Waals surface area contributed by atoms with Crippen LogP contribution in [0.15, 0.2) is 58.9 Å². The van der Waals surface area contributed by atoms with Crippen molar-refractivity contribution < 1.29 is 17.9 Å². The predicted molar refractivity (Wildman–Crippen MR) is 120 cm³/mol. The fourth-order valence-corrected chi connectivity index (χ4v) is 4.71. The van der Waals surface area contributed by atoms with Crippen LogP contribution < -0.4 is 14.8 Å². The van der Waals surface area contributed by atoms with E-state index >= 15 is 0 Å². The molecule has 164 valence electrons. The Balaban J connectivity index is 1.48. The summed E-state index contributed by atoms with van der Waals surface area (Å²) in [5.41, 5.74) is 1.54. The van der Waals surface area contributed by atoms with Crippen LogP contribution in [0.1, 0.15) is 36.2 Å². The third-order valence-electron chi connectivity index (χ3n) is 4.12. The number of nitrogens with one attached hydrogen (secondary N) is 2. The molecule has 31 heavy (non-hydrogen) atoms. The van der Waals surface area contributed by atoms with E-state index < -0.39 is 10.0 Å². The van der Waals surface area contributed by atoms with Gasteiger partial charge in [0.1, 0.15) is 5.75 Å². The van der Waals surface area contributed by atoms with Crippen molar-refractivity contribution in [2.45, 2.75) is 37.1 Å². The second kappa shape index (κ2) is 10.5. The molecule has 1 heterocycles. The Morgan fingerprint density at radius 2 is 1.77 bits per heavy atom. The van der Waals surface area contributed by atoms with Crippen LogP contribution in [0.4, 0.5) is 5.13 Å². The molecule has 1 aromatic heterocycles. The van der Waals surface area contributed by atoms with Crippen molar-refractivity contribution in [2.75, 3.05) is 11.9 Å². The molecule has 2 aromatic carbocycles. The number of rotatable bonds is 10. The first-order valence-electron chi connectivity index (χ1n) is 9.78. The lowest BCUT2D eigenvalue weighted by Crippen LogP contribution is -2.25. The van der Waals surface area contributed by atoms with Gasteiger partial charge in [-0.1, -0.05) is 41.7 Å². The zero-order chi connectivity index (χ0) is 22.3. The summed E-state index contributed by atoms with van der Waals surface area (Å²) in [6.07, 6.45) is 1.46. The molecule has 0 fully saturated rings. The average Bonchev–Trinajstić information content (AvgIpc) is 3.22. The van der Waals surface area contributed by atoms with Crippen molar-refractivity contribution in [3.63, 3.8) is 0 Å². The van der Waals surface area contributed by atoms with Gasteiger partial charge in [-0.25, -0.2) is 13.1 Å². The van der Waals surface area contributed by atoms with E-state index in [-0.39, 0.29) is 28.0 Å². The molecule has 0 saturated heterocycles. The highest BCUT2D eigenvalue weighted by Crippen LogP contribution is 2.20. The number of anilines is 1. The minimum Gasteiger partial charge on any atom is -0.491 e. The van der Waals surface area contributed by atoms with Gasteiger partial charge < -0.3 is 4.74 Å². The highest BCUT2D eigenvalue weighted by atomic mass is 32.2. The second-order valence-electron chi connectivity index (χ2n) is 7.01. The summed E-state index contributed by atoms with van der Waals surface area (Å²) < 4.78 is 32.8. The van der Waals surface area contributed by atoms with Crippen molar-refractivity contribution in [1.82, 2.24) is 14.9 Å². The quantitative estimate of drug-likeness (QED) is 0.354. The van der Waals surface area contributed by atoms with Gasteiger partial charge in [0.2, 0.25) is 9.47 Å². The molecule has 0 spiro atoms. The summed E-state index contributed by atoms with van der Waals surface area (Å²) in [6, 6.07) is 16.3. The lowest BCUT2D eigenvalue weighted by atomic mass is 10.1. The first-order chi connectivity index (χ1) is 14.8. The molecule has 0 atom stereocenters. The molecule has 0 radical (unpaired) electrons. The maximum atomic E-state index is 12.4. The summed E-state index contributed by atoms with van der Waals surface area (Å²) in [5.74, 6) is 0.435. The van der Waals surface area contributed by atoms with Crippen LogP contribution in [0.25, 0.3) is 0 Å². The number of aromatic nitrogens is 2. The molecule has 2 N–H and O–H groups in total. The maximum absolute atomic E-state index is 12.4. The van der Waals surface area contributed by atoms with Crippen LogP contribution in [-0.2, 0) is 16.4 Å². The number of amides is 1. The first-order valence-corrected chi connectivity index (χ1v) is 12.1. The molecule has 3 rings (SSSR count). The van der Waals surface area contributed by atoms with Crippen molar-refractivity contribution >= 4 is 32.4 Å². The highest BCUT2D eigenvalue weighted by molar-refractivity contribution is 7.91. The SMILES string of the molecule is CC(C)Oc1ccc(CCCNS(=O)(=O)c2nnc(NC(=O)c3ccccc3)s2)cc1. The molecule has 0 aliphatic heterocycles. The molecular formula is C21H24N4O4S2. The standard InChI is InChI=1S/C21H24N4O4S2/c1-15(2)29-18-12-10-16(11-13-18)7-6-14-22-31(27,28)21-25-24-20(30-21)23-19(26)17-8-4-3-5-9-17/h3-5,8-13,15,22H,6-7,14H2,1-2H3,(H,23,24,26). The van der Waals surface area contributed by atoms with Crippen LogP contribution in [-0.4, -0.2) is 37.2 Å². The van der Waals surface area contributed by atoms with Gasteiger partial charge in [-0.3, -0.25) is 10.1 Å². The third-order valence-corrected chi connectivity index (χ3v) is 6.79. The van der Waals surface area contributed by atoms with Crippen LogP contribution >= 0.6 is 11.3 Å². The van der Waals surface area contributed by atoms with Crippen LogP contribution in [0, 0.1) is 0 Å². The smallest absolute Gasteiger partial charge is 0.269 e. The van der Waals surface area contributed by atoms with E-state index in [1.165, 1.54) is 0 Å². The molecular weight excluding hydrogens is 436 g/mol. The normalized spacial score (nSPS) is 11.5. The fourth-order valence-electron chi connectivity index (χ4n) is 2.70. The Bertz CT molecular complexity index is 1100. The van der Waals surface area contributed by atoms with Gasteiger partial charge >= 0.3 is 0 Å². The van der Waals surface area contributed by atoms with E-state index in [4.69, 9.17) is 4.74 Å². The summed E-state index contributed by atoms with van der Waals surface area (Å²) in [6.45, 7) is 4.20. The van der Waals surface area contributed by atoms with E-state index in [0.29, 0.717) is 12.0 Å². The topological polar surface area (TPSA) is 110 Å². The Morgan fingerprint density at radius 1 is 1.06 bits per heavy atom. The molecule has 1 amide bonds. The summed E-state index contributed by atoms with van der Waals surface area (Å²) in [4.78, 5) is 12.1. The molecule has 0 unspecified atom stereocenters. The zero-order valence-corrected chi connectivity index (χ0v) is 18.9. The number of sulfonamides is 1. The van der Waals surface area contributed by atoms with E-state index in [9.17, 15) is 13.2 Å². The lowest BCUT2D eigenvalue weighted by molar-refractivity contribution is 0.102. The predicted octanol–water partition coefficient (Wildman–Crippen LogP) is 3.49. The number of carbonyl (C=O) groups is 1. The van der Waals surface area contributed by atoms with Crippen molar-refractivity contribution in [1.29, 1.82) is 0 Å². The fraction of sp³-hybridized carbons (Fsp3) is 0.286. The Kier molecular flexibility index (Phi) is 7.72. The number of ether oxygens (including phenoxy) is 1. The van der Waals surface area contributed by atoms with E-state index in [1.54, 1.807) is 30.3 Å². The minimum atomic E-state index is -3.79. The molecule has 3 aromatic rings. The van der Waals surface area contributed by atoms with Gasteiger partial charge in [0.05, 0.1) is 6.10 Å². The van der Waals surface area contributed by atoms with Crippen LogP contribution in [0.5, 0.6) is 5.75 Å². The molecule has 0 bridgehead atoms. The Hall–Kier alpha value is -2.82. The number of benzene rings is 2. The van der Waals surface area contributed by atoms with Gasteiger partial charge in [-0.2, -0.15) is 0 Å². The second-order valence-corrected chi connectivity index (χ2v) is 9.92. The molecule has 0 saturated carbocycles. The lowest BCUT2D eigenvalue weighted by Gasteiger charge is -2.10. The van der Waals surface area contributed by atoms with E-state index in [0.717, 1.165) is 29.1 Å². The van der Waals surface area contributed by atoms with Gasteiger partial charge in [-0.15, -0.1) is 10.2 Å². The molecule has 10 heteroatoms. The van der Waals surface area contributed by atoms with Gasteiger partial charge in [0.15, 0.2) is 0 Å². The third kappa shape index (κ3) is 6.84. The number of hydrogen-bond donors (Lipinski definition) is 2. The molecule has 8 nitrogen and oxygen atoms in total. The summed E-state index contributed by atoms with van der Waals surface area (Å²) in [5, 5.41) is 10.1. The van der Waals surface area contributed by atoms with Gasteiger partial charge in [0.25, 0.3) is 15.9 Å². The number of carbonyl (C=O) groups excluding carboxylic acids is 1. The molecule has 0 aliphatic carbocycles. The van der Waals surface area contributed by atoms with Crippen molar-refractivity contribution in [2.24, 2.45) is 0 Å². The highest BCUT2D eigenvalue weighted by Gasteiger charge is 2.20.